The lowest BCUT2D eigenvalue weighted by Crippen LogP contribution is -2.26. The van der Waals surface area contributed by atoms with E-state index in [4.69, 9.17) is 14.2 Å². The molecule has 0 saturated carbocycles. The van der Waals surface area contributed by atoms with Gasteiger partial charge in [0.25, 0.3) is 5.91 Å². The van der Waals surface area contributed by atoms with Crippen LogP contribution in [0.3, 0.4) is 0 Å². The Kier molecular flexibility index (Phi) is 7.27. The minimum absolute atomic E-state index is 0.275. The Labute approximate surface area is 181 Å². The maximum absolute atomic E-state index is 13.2. The number of rotatable bonds is 8. The fourth-order valence-electron chi connectivity index (χ4n) is 3.07. The third kappa shape index (κ3) is 5.63. The summed E-state index contributed by atoms with van der Waals surface area (Å²) in [6.45, 7) is 3.95. The molecule has 0 unspecified atom stereocenters. The average molecular weight is 419 g/mol. The minimum atomic E-state index is -0.941. The summed E-state index contributed by atoms with van der Waals surface area (Å²) >= 11 is 0. The SMILES string of the molecule is CCOC(=O)c1cccc(O[C@@H](C(=O)Nc2cc(C)ccc2OC)c2ccccc2)c1. The smallest absolute Gasteiger partial charge is 0.338 e. The molecular weight excluding hydrogens is 394 g/mol. The second kappa shape index (κ2) is 10.3. The first kappa shape index (κ1) is 21.9. The van der Waals surface area contributed by atoms with E-state index < -0.39 is 12.1 Å². The Morgan fingerprint density at radius 3 is 2.45 bits per heavy atom. The summed E-state index contributed by atoms with van der Waals surface area (Å²) in [6.07, 6.45) is -0.941. The number of benzene rings is 3. The van der Waals surface area contributed by atoms with Crippen molar-refractivity contribution in [3.63, 3.8) is 0 Å². The fourth-order valence-corrected chi connectivity index (χ4v) is 3.07. The van der Waals surface area contributed by atoms with E-state index in [1.54, 1.807) is 44.4 Å². The Balaban J connectivity index is 1.90. The summed E-state index contributed by atoms with van der Waals surface area (Å²) in [4.78, 5) is 25.3. The van der Waals surface area contributed by atoms with Gasteiger partial charge in [0.1, 0.15) is 11.5 Å². The van der Waals surface area contributed by atoms with Crippen molar-refractivity contribution in [2.75, 3.05) is 19.0 Å². The maximum atomic E-state index is 13.2. The molecule has 0 heterocycles. The van der Waals surface area contributed by atoms with Crippen molar-refractivity contribution in [1.82, 2.24) is 0 Å². The van der Waals surface area contributed by atoms with E-state index in [-0.39, 0.29) is 12.5 Å². The van der Waals surface area contributed by atoms with Gasteiger partial charge < -0.3 is 19.5 Å². The van der Waals surface area contributed by atoms with Gasteiger partial charge in [0, 0.05) is 5.56 Å². The van der Waals surface area contributed by atoms with Crippen molar-refractivity contribution < 1.29 is 23.8 Å². The summed E-state index contributed by atoms with van der Waals surface area (Å²) in [5, 5.41) is 2.90. The van der Waals surface area contributed by atoms with Crippen molar-refractivity contribution in [3.8, 4) is 11.5 Å². The number of methoxy groups -OCH3 is 1. The molecule has 1 N–H and O–H groups in total. The van der Waals surface area contributed by atoms with Crippen LogP contribution in [0.2, 0.25) is 0 Å². The van der Waals surface area contributed by atoms with Crippen LogP contribution in [0.5, 0.6) is 11.5 Å². The second-order valence-corrected chi connectivity index (χ2v) is 6.85. The van der Waals surface area contributed by atoms with Crippen LogP contribution in [0, 0.1) is 6.92 Å². The number of amides is 1. The summed E-state index contributed by atoms with van der Waals surface area (Å²) in [7, 11) is 1.55. The second-order valence-electron chi connectivity index (χ2n) is 6.85. The minimum Gasteiger partial charge on any atom is -0.495 e. The van der Waals surface area contributed by atoms with Gasteiger partial charge in [0.2, 0.25) is 6.10 Å². The molecule has 0 aliphatic rings. The van der Waals surface area contributed by atoms with E-state index in [1.807, 2.05) is 49.4 Å². The number of aryl methyl sites for hydroxylation is 1. The lowest BCUT2D eigenvalue weighted by atomic mass is 10.1. The third-order valence-corrected chi connectivity index (χ3v) is 4.55. The normalized spacial score (nSPS) is 11.3. The summed E-state index contributed by atoms with van der Waals surface area (Å²) < 4.78 is 16.5. The molecule has 0 fully saturated rings. The number of hydrogen-bond acceptors (Lipinski definition) is 5. The number of esters is 1. The van der Waals surface area contributed by atoms with E-state index in [2.05, 4.69) is 5.32 Å². The zero-order valence-electron chi connectivity index (χ0n) is 17.8. The van der Waals surface area contributed by atoms with Crippen molar-refractivity contribution in [1.29, 1.82) is 0 Å². The largest absolute Gasteiger partial charge is 0.495 e. The average Bonchev–Trinajstić information content (AvgIpc) is 2.78. The van der Waals surface area contributed by atoms with Gasteiger partial charge in [-0.1, -0.05) is 42.5 Å². The molecule has 0 aromatic heterocycles. The fraction of sp³-hybridized carbons (Fsp3) is 0.200. The number of hydrogen-bond donors (Lipinski definition) is 1. The molecule has 0 aliphatic heterocycles. The molecule has 160 valence electrons. The molecule has 0 aliphatic carbocycles. The molecular formula is C25H25NO5. The predicted octanol–water partition coefficient (Wildman–Crippen LogP) is 4.94. The predicted molar refractivity (Wildman–Crippen MR) is 119 cm³/mol. The van der Waals surface area contributed by atoms with Crippen LogP contribution in [0.4, 0.5) is 5.69 Å². The van der Waals surface area contributed by atoms with Gasteiger partial charge in [0.15, 0.2) is 0 Å². The molecule has 0 bridgehead atoms. The van der Waals surface area contributed by atoms with Crippen LogP contribution in [-0.4, -0.2) is 25.6 Å². The van der Waals surface area contributed by atoms with E-state index in [0.29, 0.717) is 28.3 Å². The van der Waals surface area contributed by atoms with E-state index in [1.165, 1.54) is 0 Å². The number of ether oxygens (including phenoxy) is 3. The van der Waals surface area contributed by atoms with Gasteiger partial charge >= 0.3 is 5.97 Å². The number of anilines is 1. The Bertz CT molecular complexity index is 1050. The zero-order valence-corrected chi connectivity index (χ0v) is 17.8. The molecule has 0 radical (unpaired) electrons. The third-order valence-electron chi connectivity index (χ3n) is 4.55. The van der Waals surface area contributed by atoms with Crippen LogP contribution in [-0.2, 0) is 9.53 Å². The molecule has 3 aromatic rings. The Morgan fingerprint density at radius 2 is 1.74 bits per heavy atom. The summed E-state index contributed by atoms with van der Waals surface area (Å²) in [5.41, 5.74) is 2.56. The van der Waals surface area contributed by atoms with Gasteiger partial charge in [-0.3, -0.25) is 4.79 Å². The molecule has 0 saturated heterocycles. The topological polar surface area (TPSA) is 73.9 Å². The summed E-state index contributed by atoms with van der Waals surface area (Å²) in [6, 6.07) is 21.3. The van der Waals surface area contributed by atoms with Gasteiger partial charge in [-0.05, 0) is 49.7 Å². The molecule has 6 heteroatoms. The molecule has 0 spiro atoms. The highest BCUT2D eigenvalue weighted by Crippen LogP contribution is 2.29. The van der Waals surface area contributed by atoms with E-state index in [9.17, 15) is 9.59 Å². The van der Waals surface area contributed by atoms with Gasteiger partial charge in [-0.2, -0.15) is 0 Å². The van der Waals surface area contributed by atoms with Crippen LogP contribution >= 0.6 is 0 Å². The monoisotopic (exact) mass is 419 g/mol. The number of carbonyl (C=O) groups is 2. The lowest BCUT2D eigenvalue weighted by molar-refractivity contribution is -0.123. The van der Waals surface area contributed by atoms with E-state index >= 15 is 0 Å². The van der Waals surface area contributed by atoms with Crippen LogP contribution in [0.25, 0.3) is 0 Å². The molecule has 6 nitrogen and oxygen atoms in total. The molecule has 31 heavy (non-hydrogen) atoms. The zero-order chi connectivity index (χ0) is 22.2. The first-order chi connectivity index (χ1) is 15.0. The molecule has 1 atom stereocenters. The van der Waals surface area contributed by atoms with Crippen molar-refractivity contribution >= 4 is 17.6 Å². The molecule has 1 amide bonds. The van der Waals surface area contributed by atoms with Crippen LogP contribution in [0.15, 0.2) is 72.8 Å². The first-order valence-corrected chi connectivity index (χ1v) is 9.96. The standard InChI is InChI=1S/C25H25NO5/c1-4-30-25(28)19-11-8-12-20(16-19)31-23(18-9-6-5-7-10-18)24(27)26-21-15-17(2)13-14-22(21)29-3/h5-16,23H,4H2,1-3H3,(H,26,27)/t23-/m1/s1. The lowest BCUT2D eigenvalue weighted by Gasteiger charge is -2.20. The number of nitrogens with one attached hydrogen (secondary N) is 1. The van der Waals surface area contributed by atoms with Crippen molar-refractivity contribution in [2.45, 2.75) is 20.0 Å². The molecule has 3 rings (SSSR count). The Morgan fingerprint density at radius 1 is 0.968 bits per heavy atom. The van der Waals surface area contributed by atoms with Gasteiger partial charge in [0.05, 0.1) is 25.0 Å². The highest BCUT2D eigenvalue weighted by atomic mass is 16.5. The van der Waals surface area contributed by atoms with Crippen molar-refractivity contribution in [3.05, 3.63) is 89.5 Å². The first-order valence-electron chi connectivity index (χ1n) is 9.96. The quantitative estimate of drug-likeness (QED) is 0.524. The highest BCUT2D eigenvalue weighted by Gasteiger charge is 2.24. The Hall–Kier alpha value is -3.80. The van der Waals surface area contributed by atoms with E-state index in [0.717, 1.165) is 5.56 Å². The maximum Gasteiger partial charge on any atom is 0.338 e. The van der Waals surface area contributed by atoms with Gasteiger partial charge in [-0.15, -0.1) is 0 Å². The highest BCUT2D eigenvalue weighted by molar-refractivity contribution is 5.96. The van der Waals surface area contributed by atoms with Crippen LogP contribution < -0.4 is 14.8 Å². The summed E-state index contributed by atoms with van der Waals surface area (Å²) in [5.74, 6) is 0.121. The van der Waals surface area contributed by atoms with Crippen molar-refractivity contribution in [2.24, 2.45) is 0 Å². The van der Waals surface area contributed by atoms with Gasteiger partial charge in [-0.25, -0.2) is 4.79 Å². The number of carbonyl (C=O) groups excluding carboxylic acids is 2. The molecule has 3 aromatic carbocycles. The van der Waals surface area contributed by atoms with Crippen LogP contribution in [0.1, 0.15) is 34.5 Å².